The highest BCUT2D eigenvalue weighted by Gasteiger charge is 2.16. The van der Waals surface area contributed by atoms with Crippen LogP contribution in [0, 0.1) is 19.7 Å². The zero-order valence-corrected chi connectivity index (χ0v) is 18.2. The van der Waals surface area contributed by atoms with E-state index in [1.807, 2.05) is 62.4 Å². The molecule has 0 unspecified atom stereocenters. The van der Waals surface area contributed by atoms with Crippen molar-refractivity contribution >= 4 is 29.1 Å². The van der Waals surface area contributed by atoms with Gasteiger partial charge in [0.1, 0.15) is 5.82 Å². The Hall–Kier alpha value is -3.87. The van der Waals surface area contributed by atoms with Gasteiger partial charge in [0.2, 0.25) is 0 Å². The average Bonchev–Trinajstić information content (AvgIpc) is 2.74. The van der Waals surface area contributed by atoms with Crippen LogP contribution in [0.15, 0.2) is 72.8 Å². The van der Waals surface area contributed by atoms with Crippen molar-refractivity contribution in [1.82, 2.24) is 5.32 Å². The normalized spacial score (nSPS) is 10.3. The Morgan fingerprint density at radius 3 is 2.03 bits per heavy atom. The predicted octanol–water partition coefficient (Wildman–Crippen LogP) is 5.69. The van der Waals surface area contributed by atoms with Crippen molar-refractivity contribution in [2.75, 3.05) is 28.6 Å². The van der Waals surface area contributed by atoms with Crippen molar-refractivity contribution in [3.63, 3.8) is 0 Å². The van der Waals surface area contributed by atoms with Crippen LogP contribution in [0.1, 0.15) is 17.5 Å². The molecular weight excluding hydrogens is 407 g/mol. The lowest BCUT2D eigenvalue weighted by Gasteiger charge is -2.23. The van der Waals surface area contributed by atoms with Gasteiger partial charge in [-0.2, -0.15) is 0 Å². The first-order valence-corrected chi connectivity index (χ1v) is 10.4. The summed E-state index contributed by atoms with van der Waals surface area (Å²) >= 11 is 0. The highest BCUT2D eigenvalue weighted by molar-refractivity contribution is 6.01. The van der Waals surface area contributed by atoms with Crippen LogP contribution < -0.4 is 20.9 Å². The third-order valence-corrected chi connectivity index (χ3v) is 4.77. The van der Waals surface area contributed by atoms with Gasteiger partial charge in [-0.1, -0.05) is 24.3 Å². The number of halogens is 1. The third kappa shape index (κ3) is 6.84. The van der Waals surface area contributed by atoms with Crippen LogP contribution in [-0.4, -0.2) is 25.2 Å². The van der Waals surface area contributed by atoms with Crippen molar-refractivity contribution < 1.29 is 14.0 Å². The monoisotopic (exact) mass is 434 g/mol. The molecule has 7 heteroatoms. The second-order valence-electron chi connectivity index (χ2n) is 7.53. The number of urea groups is 2. The smallest absolute Gasteiger partial charge is 0.326 e. The summed E-state index contributed by atoms with van der Waals surface area (Å²) in [6.45, 7) is 4.61. The summed E-state index contributed by atoms with van der Waals surface area (Å²) in [6.07, 6.45) is 0.514. The number of aryl methyl sites for hydroxylation is 2. The van der Waals surface area contributed by atoms with Crippen molar-refractivity contribution in [2.45, 2.75) is 20.3 Å². The molecule has 32 heavy (non-hydrogen) atoms. The second kappa shape index (κ2) is 10.9. The number of hydrogen-bond donors (Lipinski definition) is 3. The highest BCUT2D eigenvalue weighted by Crippen LogP contribution is 2.18. The third-order valence-electron chi connectivity index (χ3n) is 4.77. The number of anilines is 3. The van der Waals surface area contributed by atoms with Crippen LogP contribution in [-0.2, 0) is 0 Å². The Morgan fingerprint density at radius 2 is 1.44 bits per heavy atom. The lowest BCUT2D eigenvalue weighted by Crippen LogP contribution is -2.38. The van der Waals surface area contributed by atoms with E-state index in [2.05, 4.69) is 16.0 Å². The van der Waals surface area contributed by atoms with Crippen molar-refractivity contribution in [3.8, 4) is 0 Å². The van der Waals surface area contributed by atoms with Gasteiger partial charge in [-0.3, -0.25) is 4.90 Å². The van der Waals surface area contributed by atoms with Gasteiger partial charge in [-0.15, -0.1) is 0 Å². The predicted molar refractivity (Wildman–Crippen MR) is 127 cm³/mol. The summed E-state index contributed by atoms with van der Waals surface area (Å²) in [4.78, 5) is 26.6. The lowest BCUT2D eigenvalue weighted by atomic mass is 10.2. The molecule has 6 nitrogen and oxygen atoms in total. The molecule has 0 spiro atoms. The summed E-state index contributed by atoms with van der Waals surface area (Å²) < 4.78 is 13.4. The van der Waals surface area contributed by atoms with E-state index in [4.69, 9.17) is 0 Å². The van der Waals surface area contributed by atoms with Gasteiger partial charge >= 0.3 is 12.1 Å². The first kappa shape index (κ1) is 22.8. The lowest BCUT2D eigenvalue weighted by molar-refractivity contribution is 0.252. The highest BCUT2D eigenvalue weighted by atomic mass is 19.1. The van der Waals surface area contributed by atoms with Crippen LogP contribution in [0.4, 0.5) is 31.0 Å². The van der Waals surface area contributed by atoms with E-state index >= 15 is 0 Å². The quantitative estimate of drug-likeness (QED) is 0.418. The summed E-state index contributed by atoms with van der Waals surface area (Å²) in [7, 11) is 0. The maximum Gasteiger partial charge on any atom is 0.326 e. The van der Waals surface area contributed by atoms with Crippen molar-refractivity contribution in [3.05, 3.63) is 89.7 Å². The standard InChI is InChI=1S/C25H27FN4O2/c1-18-6-3-8-21(16-18)28-24(31)27-14-5-15-30(23-12-10-20(26)11-13-23)25(32)29-22-9-4-7-19(2)17-22/h3-4,6-13,16-17H,5,14-15H2,1-2H3,(H,29,32)(H2,27,28,31). The molecule has 0 aliphatic rings. The number of nitrogens with one attached hydrogen (secondary N) is 3. The summed E-state index contributed by atoms with van der Waals surface area (Å²) in [5, 5.41) is 8.46. The average molecular weight is 435 g/mol. The Labute approximate surface area is 187 Å². The molecule has 0 radical (unpaired) electrons. The van der Waals surface area contributed by atoms with Crippen LogP contribution >= 0.6 is 0 Å². The molecule has 0 saturated carbocycles. The minimum absolute atomic E-state index is 0.312. The Morgan fingerprint density at radius 1 is 0.844 bits per heavy atom. The molecule has 3 aromatic rings. The van der Waals surface area contributed by atoms with Crippen LogP contribution in [0.5, 0.6) is 0 Å². The first-order chi connectivity index (χ1) is 15.4. The van der Waals surface area contributed by atoms with Crippen LogP contribution in [0.3, 0.4) is 0 Å². The summed E-state index contributed by atoms with van der Waals surface area (Å²) in [6, 6.07) is 20.1. The van der Waals surface area contributed by atoms with Gasteiger partial charge in [0.15, 0.2) is 0 Å². The molecule has 4 amide bonds. The molecule has 166 valence electrons. The van der Waals surface area contributed by atoms with Crippen LogP contribution in [0.25, 0.3) is 0 Å². The molecule has 0 atom stereocenters. The van der Waals surface area contributed by atoms with E-state index in [1.165, 1.54) is 17.0 Å². The van der Waals surface area contributed by atoms with Crippen molar-refractivity contribution in [1.29, 1.82) is 0 Å². The second-order valence-corrected chi connectivity index (χ2v) is 7.53. The molecule has 3 N–H and O–H groups in total. The molecule has 0 aromatic heterocycles. The molecule has 0 bridgehead atoms. The molecule has 0 aliphatic heterocycles. The number of amides is 4. The fourth-order valence-corrected chi connectivity index (χ4v) is 3.22. The summed E-state index contributed by atoms with van der Waals surface area (Å²) in [5.74, 6) is -0.373. The summed E-state index contributed by atoms with van der Waals surface area (Å²) in [5.41, 5.74) is 4.05. The molecule has 0 fully saturated rings. The maximum atomic E-state index is 13.4. The number of rotatable bonds is 7. The molecule has 3 aromatic carbocycles. The van der Waals surface area contributed by atoms with Gasteiger partial charge in [0, 0.05) is 30.2 Å². The number of carbonyl (C=O) groups excluding carboxylic acids is 2. The minimum Gasteiger partial charge on any atom is -0.338 e. The maximum absolute atomic E-state index is 13.4. The Bertz CT molecular complexity index is 1070. The molecule has 3 rings (SSSR count). The van der Waals surface area contributed by atoms with Gasteiger partial charge in [0.05, 0.1) is 0 Å². The SMILES string of the molecule is Cc1cccc(NC(=O)NCCCN(C(=O)Nc2cccc(C)c2)c2ccc(F)cc2)c1. The zero-order valence-electron chi connectivity index (χ0n) is 18.2. The van der Waals surface area contributed by atoms with E-state index in [-0.39, 0.29) is 17.9 Å². The molecular formula is C25H27FN4O2. The Kier molecular flexibility index (Phi) is 7.80. The van der Waals surface area contributed by atoms with E-state index in [9.17, 15) is 14.0 Å². The number of benzene rings is 3. The van der Waals surface area contributed by atoms with Crippen LogP contribution in [0.2, 0.25) is 0 Å². The molecule has 0 aliphatic carbocycles. The van der Waals surface area contributed by atoms with E-state index in [0.29, 0.717) is 36.6 Å². The topological polar surface area (TPSA) is 73.5 Å². The minimum atomic E-state index is -0.373. The van der Waals surface area contributed by atoms with E-state index in [1.54, 1.807) is 12.1 Å². The van der Waals surface area contributed by atoms with Crippen molar-refractivity contribution in [2.24, 2.45) is 0 Å². The Balaban J connectivity index is 1.58. The first-order valence-electron chi connectivity index (χ1n) is 10.4. The van der Waals surface area contributed by atoms with Gasteiger partial charge < -0.3 is 16.0 Å². The number of hydrogen-bond acceptors (Lipinski definition) is 2. The van der Waals surface area contributed by atoms with Gasteiger partial charge in [-0.25, -0.2) is 14.0 Å². The van der Waals surface area contributed by atoms with E-state index in [0.717, 1.165) is 11.1 Å². The number of carbonyl (C=O) groups is 2. The van der Waals surface area contributed by atoms with Gasteiger partial charge in [-0.05, 0) is 79.9 Å². The molecule has 0 saturated heterocycles. The van der Waals surface area contributed by atoms with E-state index < -0.39 is 0 Å². The fraction of sp³-hybridized carbons (Fsp3) is 0.200. The number of nitrogens with zero attached hydrogens (tertiary/aromatic N) is 1. The molecule has 0 heterocycles. The van der Waals surface area contributed by atoms with Gasteiger partial charge in [0.25, 0.3) is 0 Å². The fourth-order valence-electron chi connectivity index (χ4n) is 3.22. The largest absolute Gasteiger partial charge is 0.338 e. The zero-order chi connectivity index (χ0) is 22.9.